The molecule has 3 amide bonds. The van der Waals surface area contributed by atoms with E-state index in [2.05, 4.69) is 0 Å². The fraction of sp³-hybridized carbons (Fsp3) is 0.148. The summed E-state index contributed by atoms with van der Waals surface area (Å²) in [5.41, 5.74) is 4.29. The minimum Gasteiger partial charge on any atom is -0.289 e. The van der Waals surface area contributed by atoms with Crippen molar-refractivity contribution < 1.29 is 14.4 Å². The lowest BCUT2D eigenvalue weighted by molar-refractivity contribution is 0.0650. The van der Waals surface area contributed by atoms with Crippen molar-refractivity contribution in [1.29, 1.82) is 0 Å². The van der Waals surface area contributed by atoms with Crippen LogP contribution in [-0.4, -0.2) is 29.3 Å². The fourth-order valence-corrected chi connectivity index (χ4v) is 5.86. The van der Waals surface area contributed by atoms with Gasteiger partial charge in [0.05, 0.1) is 16.1 Å². The molecule has 5 nitrogen and oxygen atoms in total. The number of amides is 3. The van der Waals surface area contributed by atoms with Crippen molar-refractivity contribution in [3.05, 3.63) is 98.4 Å². The number of hydrogen-bond donors (Lipinski definition) is 0. The largest absolute Gasteiger partial charge is 0.289 e. The summed E-state index contributed by atoms with van der Waals surface area (Å²) in [7, 11) is 0. The maximum atomic E-state index is 13.9. The minimum atomic E-state index is -0.416. The van der Waals surface area contributed by atoms with Crippen molar-refractivity contribution >= 4 is 56.4 Å². The van der Waals surface area contributed by atoms with E-state index >= 15 is 0 Å². The second kappa shape index (κ2) is 8.38. The molecule has 0 N–H and O–H groups in total. The first-order chi connectivity index (χ1) is 16.3. The first-order valence-corrected chi connectivity index (χ1v) is 12.0. The Kier molecular flexibility index (Phi) is 5.50. The lowest BCUT2D eigenvalue weighted by Gasteiger charge is -2.28. The molecule has 34 heavy (non-hydrogen) atoms. The van der Waals surface area contributed by atoms with Gasteiger partial charge in [-0.05, 0) is 56.2 Å². The van der Waals surface area contributed by atoms with Gasteiger partial charge in [0.1, 0.15) is 11.5 Å². The van der Waals surface area contributed by atoms with Crippen LogP contribution in [0.4, 0.5) is 5.69 Å². The number of benzene rings is 3. The smallest absolute Gasteiger partial charge is 0.271 e. The predicted octanol–water partition coefficient (Wildman–Crippen LogP) is 6.38. The zero-order chi connectivity index (χ0) is 24.1. The second-order valence-corrected chi connectivity index (χ2v) is 9.92. The van der Waals surface area contributed by atoms with E-state index in [9.17, 15) is 14.4 Å². The van der Waals surface area contributed by atoms with Crippen LogP contribution in [0.25, 0.3) is 10.1 Å². The molecular weight excluding hydrogens is 468 g/mol. The third kappa shape index (κ3) is 3.59. The third-order valence-corrected chi connectivity index (χ3v) is 7.67. The number of fused-ring (bicyclic) bond motifs is 2. The molecule has 1 aliphatic rings. The zero-order valence-corrected chi connectivity index (χ0v) is 20.5. The van der Waals surface area contributed by atoms with E-state index in [-0.39, 0.29) is 12.6 Å². The normalized spacial score (nSPS) is 13.0. The third-order valence-electron chi connectivity index (χ3n) is 6.03. The molecule has 0 aliphatic carbocycles. The highest BCUT2D eigenvalue weighted by molar-refractivity contribution is 7.21. The molecule has 0 spiro atoms. The number of nitrogens with zero attached hydrogens (tertiary/aromatic N) is 2. The molecule has 0 saturated heterocycles. The molecule has 7 heteroatoms. The van der Waals surface area contributed by atoms with Gasteiger partial charge in [0.15, 0.2) is 0 Å². The maximum Gasteiger partial charge on any atom is 0.271 e. The Bertz CT molecular complexity index is 1470. The van der Waals surface area contributed by atoms with Gasteiger partial charge in [0.25, 0.3) is 17.7 Å². The summed E-state index contributed by atoms with van der Waals surface area (Å²) in [5.74, 6) is -1.19. The van der Waals surface area contributed by atoms with E-state index < -0.39 is 11.8 Å². The molecule has 3 aromatic carbocycles. The van der Waals surface area contributed by atoms with Gasteiger partial charge in [-0.1, -0.05) is 53.6 Å². The minimum absolute atomic E-state index is 0.210. The number of rotatable bonds is 4. The lowest BCUT2D eigenvalue weighted by atomic mass is 10.1. The van der Waals surface area contributed by atoms with Gasteiger partial charge < -0.3 is 0 Å². The summed E-state index contributed by atoms with van der Waals surface area (Å²) in [5, 5.41) is 1.18. The van der Waals surface area contributed by atoms with E-state index in [0.717, 1.165) is 31.7 Å². The van der Waals surface area contributed by atoms with Crippen LogP contribution >= 0.6 is 22.9 Å². The fourth-order valence-electron chi connectivity index (χ4n) is 4.30. The average Bonchev–Trinajstić information content (AvgIpc) is 3.26. The highest BCUT2D eigenvalue weighted by Crippen LogP contribution is 2.38. The van der Waals surface area contributed by atoms with Crippen molar-refractivity contribution in [2.24, 2.45) is 0 Å². The molecule has 0 saturated carbocycles. The number of thiophene rings is 1. The van der Waals surface area contributed by atoms with Gasteiger partial charge in [-0.2, -0.15) is 0 Å². The van der Waals surface area contributed by atoms with Crippen LogP contribution < -0.4 is 4.90 Å². The topological polar surface area (TPSA) is 57.7 Å². The first kappa shape index (κ1) is 22.3. The van der Waals surface area contributed by atoms with Crippen molar-refractivity contribution in [3.63, 3.8) is 0 Å². The van der Waals surface area contributed by atoms with Gasteiger partial charge in [-0.15, -0.1) is 11.3 Å². The Balaban J connectivity index is 1.60. The summed E-state index contributed by atoms with van der Waals surface area (Å²) in [6.45, 7) is 5.65. The zero-order valence-electron chi connectivity index (χ0n) is 18.9. The summed E-state index contributed by atoms with van der Waals surface area (Å²) in [6.07, 6.45) is 0. The maximum absolute atomic E-state index is 13.9. The quantitative estimate of drug-likeness (QED) is 0.313. The molecule has 170 valence electrons. The molecular formula is C27H21ClN2O3S. The van der Waals surface area contributed by atoms with Gasteiger partial charge >= 0.3 is 0 Å². The van der Waals surface area contributed by atoms with E-state index in [0.29, 0.717) is 26.7 Å². The summed E-state index contributed by atoms with van der Waals surface area (Å²) in [4.78, 5) is 43.0. The number of imide groups is 1. The first-order valence-electron chi connectivity index (χ1n) is 10.8. The predicted molar refractivity (Wildman–Crippen MR) is 136 cm³/mol. The van der Waals surface area contributed by atoms with Crippen molar-refractivity contribution in [2.75, 3.05) is 11.6 Å². The molecule has 0 bridgehead atoms. The van der Waals surface area contributed by atoms with Crippen molar-refractivity contribution in [1.82, 2.24) is 4.90 Å². The van der Waals surface area contributed by atoms with E-state index in [1.54, 1.807) is 24.3 Å². The standard InChI is InChI=1S/C27H21ClN2O3S/c1-15-9-11-21(17(3)12-15)29(14-30-25(31)18-6-4-5-7-19(18)26(30)32)27(33)24-23(28)20-10-8-16(2)13-22(20)34-24/h4-13H,14H2,1-3H3. The summed E-state index contributed by atoms with van der Waals surface area (Å²) < 4.78 is 0.912. The summed E-state index contributed by atoms with van der Waals surface area (Å²) in [6, 6.07) is 18.3. The highest BCUT2D eigenvalue weighted by atomic mass is 35.5. The molecule has 2 heterocycles. The molecule has 0 atom stereocenters. The molecule has 0 radical (unpaired) electrons. The highest BCUT2D eigenvalue weighted by Gasteiger charge is 2.38. The lowest BCUT2D eigenvalue weighted by Crippen LogP contribution is -2.44. The SMILES string of the molecule is Cc1ccc(N(CN2C(=O)c3ccccc3C2=O)C(=O)c2sc3cc(C)ccc3c2Cl)c(C)c1. The molecule has 0 unspecified atom stereocenters. The van der Waals surface area contributed by atoms with Crippen LogP contribution in [0.2, 0.25) is 5.02 Å². The van der Waals surface area contributed by atoms with Gasteiger partial charge in [-0.3, -0.25) is 24.2 Å². The number of halogens is 1. The van der Waals surface area contributed by atoms with Crippen LogP contribution in [0.3, 0.4) is 0 Å². The number of aryl methyl sites for hydroxylation is 3. The molecule has 4 aromatic rings. The Morgan fingerprint density at radius 1 is 0.912 bits per heavy atom. The van der Waals surface area contributed by atoms with Crippen LogP contribution in [0.1, 0.15) is 47.1 Å². The van der Waals surface area contributed by atoms with Gasteiger partial charge in [0, 0.05) is 15.8 Å². The Labute approximate surface area is 206 Å². The van der Waals surface area contributed by atoms with E-state index in [1.807, 2.05) is 57.2 Å². The molecule has 5 rings (SSSR count). The molecule has 0 fully saturated rings. The number of anilines is 1. The molecule has 1 aliphatic heterocycles. The molecule has 1 aromatic heterocycles. The monoisotopic (exact) mass is 488 g/mol. The summed E-state index contributed by atoms with van der Waals surface area (Å²) >= 11 is 7.98. The van der Waals surface area contributed by atoms with Gasteiger partial charge in [-0.25, -0.2) is 0 Å². The van der Waals surface area contributed by atoms with Crippen LogP contribution in [-0.2, 0) is 0 Å². The van der Waals surface area contributed by atoms with Crippen LogP contribution in [0.5, 0.6) is 0 Å². The van der Waals surface area contributed by atoms with Gasteiger partial charge in [0.2, 0.25) is 0 Å². The van der Waals surface area contributed by atoms with Crippen LogP contribution in [0, 0.1) is 20.8 Å². The number of carbonyl (C=O) groups excluding carboxylic acids is 3. The van der Waals surface area contributed by atoms with E-state index in [1.165, 1.54) is 16.2 Å². The Morgan fingerprint density at radius 2 is 1.53 bits per heavy atom. The van der Waals surface area contributed by atoms with E-state index in [4.69, 9.17) is 11.6 Å². The van der Waals surface area contributed by atoms with Crippen molar-refractivity contribution in [2.45, 2.75) is 20.8 Å². The average molecular weight is 489 g/mol. The number of hydrogen-bond acceptors (Lipinski definition) is 4. The van der Waals surface area contributed by atoms with Crippen molar-refractivity contribution in [3.8, 4) is 0 Å². The Morgan fingerprint density at radius 3 is 2.18 bits per heavy atom. The second-order valence-electron chi connectivity index (χ2n) is 8.49. The Hall–Kier alpha value is -3.48. The number of carbonyl (C=O) groups is 3. The van der Waals surface area contributed by atoms with Crippen LogP contribution in [0.15, 0.2) is 60.7 Å².